The third kappa shape index (κ3) is 4.43. The predicted octanol–water partition coefficient (Wildman–Crippen LogP) is 5.14. The van der Waals surface area contributed by atoms with Crippen molar-refractivity contribution in [1.29, 1.82) is 5.26 Å². The van der Waals surface area contributed by atoms with Gasteiger partial charge in [0.25, 0.3) is 0 Å². The number of rotatable bonds is 5. The van der Waals surface area contributed by atoms with Crippen LogP contribution in [-0.4, -0.2) is 16.1 Å². The van der Waals surface area contributed by atoms with Gasteiger partial charge in [0.05, 0.1) is 10.8 Å². The molecule has 0 fully saturated rings. The van der Waals surface area contributed by atoms with Crippen LogP contribution in [0.1, 0.15) is 43.5 Å². The summed E-state index contributed by atoms with van der Waals surface area (Å²) in [5.41, 5.74) is 1.01. The van der Waals surface area contributed by atoms with E-state index in [-0.39, 0.29) is 12.5 Å². The molecule has 2 aromatic rings. The van der Waals surface area contributed by atoms with Crippen LogP contribution in [0.5, 0.6) is 0 Å². The minimum absolute atomic E-state index is 0.0729. The second-order valence-electron chi connectivity index (χ2n) is 7.25. The van der Waals surface area contributed by atoms with Crippen LogP contribution in [0.3, 0.4) is 0 Å². The van der Waals surface area contributed by atoms with Crippen molar-refractivity contribution in [2.24, 2.45) is 5.92 Å². The SMILES string of the molecule is CCC(Sc1nc2c(cc1C#N)CC(C)CC2)C(=O)Nc1c(F)c(F)cc(F)c1F. The first-order chi connectivity index (χ1) is 14.2. The van der Waals surface area contributed by atoms with Crippen molar-refractivity contribution in [1.82, 2.24) is 4.98 Å². The average Bonchev–Trinajstić information content (AvgIpc) is 2.72. The summed E-state index contributed by atoms with van der Waals surface area (Å²) in [5.74, 6) is -6.93. The number of anilines is 1. The molecule has 9 heteroatoms. The van der Waals surface area contributed by atoms with Gasteiger partial charge in [0.2, 0.25) is 5.91 Å². The molecule has 2 unspecified atom stereocenters. The van der Waals surface area contributed by atoms with E-state index in [1.807, 2.05) is 5.32 Å². The van der Waals surface area contributed by atoms with Gasteiger partial charge in [-0.2, -0.15) is 5.26 Å². The quantitative estimate of drug-likeness (QED) is 0.399. The summed E-state index contributed by atoms with van der Waals surface area (Å²) in [7, 11) is 0. The van der Waals surface area contributed by atoms with Gasteiger partial charge in [-0.05, 0) is 43.2 Å². The second-order valence-corrected chi connectivity index (χ2v) is 8.45. The Morgan fingerprint density at radius 2 is 1.97 bits per heavy atom. The molecule has 158 valence electrons. The molecular formula is C21H19F4N3OS. The van der Waals surface area contributed by atoms with E-state index in [4.69, 9.17) is 0 Å². The number of amides is 1. The Labute approximate surface area is 175 Å². The Balaban J connectivity index is 1.86. The van der Waals surface area contributed by atoms with Crippen molar-refractivity contribution in [3.05, 3.63) is 52.2 Å². The van der Waals surface area contributed by atoms with Crippen molar-refractivity contribution in [2.75, 3.05) is 5.32 Å². The van der Waals surface area contributed by atoms with Crippen molar-refractivity contribution in [3.8, 4) is 6.07 Å². The first kappa shape index (κ1) is 22.1. The van der Waals surface area contributed by atoms with Crippen LogP contribution in [0.25, 0.3) is 0 Å². The van der Waals surface area contributed by atoms with Crippen molar-refractivity contribution in [2.45, 2.75) is 49.8 Å². The van der Waals surface area contributed by atoms with Crippen LogP contribution in [0.15, 0.2) is 17.2 Å². The van der Waals surface area contributed by atoms with Gasteiger partial charge in [-0.25, -0.2) is 22.5 Å². The van der Waals surface area contributed by atoms with Gasteiger partial charge in [0, 0.05) is 11.8 Å². The smallest absolute Gasteiger partial charge is 0.238 e. The molecule has 3 rings (SSSR count). The lowest BCUT2D eigenvalue weighted by Gasteiger charge is -2.22. The standard InChI is InChI=1S/C21H19F4N3OS/c1-3-16(20(29)28-19-17(24)13(22)8-14(23)18(19)25)30-21-12(9-26)7-11-6-10(2)4-5-15(11)27-21/h7-8,10,16H,3-6H2,1-2H3,(H,28,29). The molecule has 0 spiro atoms. The normalized spacial score (nSPS) is 16.5. The Kier molecular flexibility index (Phi) is 6.66. The molecule has 1 aliphatic carbocycles. The molecule has 1 N–H and O–H groups in total. The molecule has 4 nitrogen and oxygen atoms in total. The number of thioether (sulfide) groups is 1. The number of benzene rings is 1. The largest absolute Gasteiger partial charge is 0.320 e. The number of carbonyl (C=O) groups excluding carboxylic acids is 1. The summed E-state index contributed by atoms with van der Waals surface area (Å²) >= 11 is 0.983. The first-order valence-corrected chi connectivity index (χ1v) is 10.4. The van der Waals surface area contributed by atoms with Crippen LogP contribution in [0.4, 0.5) is 23.2 Å². The predicted molar refractivity (Wildman–Crippen MR) is 105 cm³/mol. The fourth-order valence-corrected chi connectivity index (χ4v) is 4.34. The molecular weight excluding hydrogens is 418 g/mol. The van der Waals surface area contributed by atoms with Crippen molar-refractivity contribution < 1.29 is 22.4 Å². The number of pyridine rings is 1. The van der Waals surface area contributed by atoms with E-state index >= 15 is 0 Å². The molecule has 1 aromatic heterocycles. The number of nitrogens with zero attached hydrogens (tertiary/aromatic N) is 2. The van der Waals surface area contributed by atoms with Crippen LogP contribution < -0.4 is 5.32 Å². The summed E-state index contributed by atoms with van der Waals surface area (Å²) in [6.07, 6.45) is 2.79. The number of aryl methyl sites for hydroxylation is 1. The highest BCUT2D eigenvalue weighted by molar-refractivity contribution is 8.00. The zero-order chi connectivity index (χ0) is 22.0. The lowest BCUT2D eigenvalue weighted by Crippen LogP contribution is -2.26. The molecule has 1 heterocycles. The van der Waals surface area contributed by atoms with Gasteiger partial charge >= 0.3 is 0 Å². The molecule has 0 radical (unpaired) electrons. The zero-order valence-electron chi connectivity index (χ0n) is 16.4. The number of nitrogens with one attached hydrogen (secondary N) is 1. The molecule has 0 saturated heterocycles. The van der Waals surface area contributed by atoms with E-state index in [1.165, 1.54) is 0 Å². The van der Waals surface area contributed by atoms with Crippen LogP contribution in [0, 0.1) is 40.5 Å². The Bertz CT molecular complexity index is 1010. The minimum Gasteiger partial charge on any atom is -0.320 e. The number of hydrogen-bond donors (Lipinski definition) is 1. The van der Waals surface area contributed by atoms with Gasteiger partial charge in [0.15, 0.2) is 23.3 Å². The highest BCUT2D eigenvalue weighted by atomic mass is 32.2. The van der Waals surface area contributed by atoms with Gasteiger partial charge in [0.1, 0.15) is 16.8 Å². The highest BCUT2D eigenvalue weighted by Gasteiger charge is 2.27. The molecule has 0 bridgehead atoms. The molecule has 0 aliphatic heterocycles. The summed E-state index contributed by atoms with van der Waals surface area (Å²) in [6.45, 7) is 3.80. The summed E-state index contributed by atoms with van der Waals surface area (Å²) in [4.78, 5) is 17.1. The maximum atomic E-state index is 13.9. The number of nitriles is 1. The van der Waals surface area contributed by atoms with Gasteiger partial charge in [-0.3, -0.25) is 4.79 Å². The summed E-state index contributed by atoms with van der Waals surface area (Å²) in [6, 6.07) is 3.92. The molecule has 1 amide bonds. The minimum atomic E-state index is -1.68. The highest BCUT2D eigenvalue weighted by Crippen LogP contribution is 2.33. The number of carbonyl (C=O) groups is 1. The van der Waals surface area contributed by atoms with Crippen LogP contribution in [-0.2, 0) is 17.6 Å². The van der Waals surface area contributed by atoms with Gasteiger partial charge in [-0.1, -0.05) is 25.6 Å². The lowest BCUT2D eigenvalue weighted by atomic mass is 9.87. The van der Waals surface area contributed by atoms with E-state index in [0.717, 1.165) is 42.3 Å². The zero-order valence-corrected chi connectivity index (χ0v) is 17.2. The third-order valence-corrected chi connectivity index (χ3v) is 6.36. The fourth-order valence-electron chi connectivity index (χ4n) is 3.34. The van der Waals surface area contributed by atoms with Crippen molar-refractivity contribution in [3.63, 3.8) is 0 Å². The topological polar surface area (TPSA) is 65.8 Å². The Morgan fingerprint density at radius 1 is 1.30 bits per heavy atom. The Hall–Kier alpha value is -2.60. The van der Waals surface area contributed by atoms with Gasteiger partial charge < -0.3 is 5.32 Å². The maximum Gasteiger partial charge on any atom is 0.238 e. The van der Waals surface area contributed by atoms with Crippen molar-refractivity contribution >= 4 is 23.4 Å². The molecule has 2 atom stereocenters. The third-order valence-electron chi connectivity index (χ3n) is 5.00. The summed E-state index contributed by atoms with van der Waals surface area (Å²) < 4.78 is 54.6. The monoisotopic (exact) mass is 437 g/mol. The number of aromatic nitrogens is 1. The Morgan fingerprint density at radius 3 is 2.57 bits per heavy atom. The van der Waals surface area contributed by atoms with E-state index in [9.17, 15) is 27.6 Å². The number of fused-ring (bicyclic) bond motifs is 1. The summed E-state index contributed by atoms with van der Waals surface area (Å²) in [5, 5.41) is 10.9. The first-order valence-electron chi connectivity index (χ1n) is 9.48. The van der Waals surface area contributed by atoms with E-state index in [2.05, 4.69) is 18.0 Å². The fraction of sp³-hybridized carbons (Fsp3) is 0.381. The molecule has 1 aliphatic rings. The van der Waals surface area contributed by atoms with E-state index in [0.29, 0.717) is 16.5 Å². The molecule has 1 aromatic carbocycles. The number of halogens is 4. The van der Waals surface area contributed by atoms with Crippen LogP contribution >= 0.6 is 11.8 Å². The second kappa shape index (κ2) is 9.04. The molecule has 0 saturated carbocycles. The lowest BCUT2D eigenvalue weighted by molar-refractivity contribution is -0.115. The van der Waals surface area contributed by atoms with E-state index in [1.54, 1.807) is 13.0 Å². The van der Waals surface area contributed by atoms with Gasteiger partial charge in [-0.15, -0.1) is 0 Å². The van der Waals surface area contributed by atoms with Crippen LogP contribution in [0.2, 0.25) is 0 Å². The average molecular weight is 437 g/mol. The number of hydrogen-bond acceptors (Lipinski definition) is 4. The molecule has 30 heavy (non-hydrogen) atoms. The van der Waals surface area contributed by atoms with E-state index < -0.39 is 40.1 Å². The maximum absolute atomic E-state index is 13.9.